The fourth-order valence-corrected chi connectivity index (χ4v) is 3.35. The Labute approximate surface area is 189 Å². The molecule has 33 heavy (non-hydrogen) atoms. The van der Waals surface area contributed by atoms with Crippen molar-refractivity contribution in [2.75, 3.05) is 20.3 Å². The van der Waals surface area contributed by atoms with Crippen molar-refractivity contribution in [3.63, 3.8) is 0 Å². The zero-order valence-electron chi connectivity index (χ0n) is 19.0. The number of methoxy groups -OCH3 is 1. The van der Waals surface area contributed by atoms with Crippen LogP contribution in [0.4, 0.5) is 0 Å². The molecule has 1 unspecified atom stereocenters. The molecule has 0 radical (unpaired) electrons. The lowest BCUT2D eigenvalue weighted by atomic mass is 10.1. The second-order valence-corrected chi connectivity index (χ2v) is 7.64. The van der Waals surface area contributed by atoms with Gasteiger partial charge in [-0.1, -0.05) is 13.0 Å². The Balaban J connectivity index is 2.17. The Morgan fingerprint density at radius 3 is 2.73 bits per heavy atom. The molecule has 3 aromatic rings. The van der Waals surface area contributed by atoms with Crippen molar-refractivity contribution in [3.8, 4) is 0 Å². The third-order valence-electron chi connectivity index (χ3n) is 5.26. The Morgan fingerprint density at radius 2 is 2.06 bits per heavy atom. The third-order valence-corrected chi connectivity index (χ3v) is 5.26. The highest BCUT2D eigenvalue weighted by atomic mass is 16.5. The van der Waals surface area contributed by atoms with Gasteiger partial charge in [-0.2, -0.15) is 0 Å². The predicted octanol–water partition coefficient (Wildman–Crippen LogP) is 0.288. The predicted molar refractivity (Wildman–Crippen MR) is 124 cm³/mol. The van der Waals surface area contributed by atoms with Gasteiger partial charge in [0.15, 0.2) is 0 Å². The highest BCUT2D eigenvalue weighted by Gasteiger charge is 2.20. The van der Waals surface area contributed by atoms with Gasteiger partial charge in [-0.25, -0.2) is 13.9 Å². The lowest BCUT2D eigenvalue weighted by Crippen LogP contribution is -2.34. The Hall–Kier alpha value is -3.73. The Bertz CT molecular complexity index is 1320. The fourth-order valence-electron chi connectivity index (χ4n) is 3.35. The van der Waals surface area contributed by atoms with Gasteiger partial charge in [0.25, 0.3) is 11.5 Å². The van der Waals surface area contributed by atoms with Gasteiger partial charge in [0.05, 0.1) is 17.5 Å². The average Bonchev–Trinajstić information content (AvgIpc) is 3.12. The maximum Gasteiger partial charge on any atom is 0.352 e. The quantitative estimate of drug-likeness (QED) is 0.333. The minimum atomic E-state index is -0.603. The zero-order chi connectivity index (χ0) is 24.1. The maximum atomic E-state index is 13.2. The lowest BCUT2D eigenvalue weighted by molar-refractivity contribution is -0.122. The third kappa shape index (κ3) is 4.87. The molecule has 0 aliphatic carbocycles. The summed E-state index contributed by atoms with van der Waals surface area (Å²) in [6.45, 7) is 7.91. The first kappa shape index (κ1) is 23.9. The summed E-state index contributed by atoms with van der Waals surface area (Å²) in [6, 6.07) is 4.52. The maximum absolute atomic E-state index is 13.2. The van der Waals surface area contributed by atoms with E-state index in [-0.39, 0.29) is 53.8 Å². The molecule has 0 saturated heterocycles. The average molecular weight is 457 g/mol. The van der Waals surface area contributed by atoms with E-state index in [4.69, 9.17) is 4.74 Å². The number of benzene rings is 1. The SMILES string of the molecule is C=CCn1c(=O)c2ccc(C(=O)NC(C)CC)cc2n2c(=O)n(CC(=O)NCCOC)nc12. The minimum absolute atomic E-state index is 0.0316. The van der Waals surface area contributed by atoms with Crippen molar-refractivity contribution in [2.24, 2.45) is 0 Å². The number of carbonyl (C=O) groups is 2. The number of rotatable bonds is 10. The Morgan fingerprint density at radius 1 is 1.30 bits per heavy atom. The van der Waals surface area contributed by atoms with E-state index in [1.807, 2.05) is 13.8 Å². The molecule has 0 aliphatic rings. The van der Waals surface area contributed by atoms with Gasteiger partial charge in [-0.3, -0.25) is 19.0 Å². The van der Waals surface area contributed by atoms with E-state index >= 15 is 0 Å². The highest BCUT2D eigenvalue weighted by Crippen LogP contribution is 2.14. The molecule has 1 atom stereocenters. The molecule has 0 aliphatic heterocycles. The number of allylic oxidation sites excluding steroid dienone is 1. The molecule has 1 aromatic carbocycles. The molecule has 0 spiro atoms. The second-order valence-electron chi connectivity index (χ2n) is 7.64. The van der Waals surface area contributed by atoms with Crippen LogP contribution in [0.15, 0.2) is 40.4 Å². The highest BCUT2D eigenvalue weighted by molar-refractivity contribution is 5.98. The number of amides is 2. The van der Waals surface area contributed by atoms with Crippen LogP contribution in [-0.4, -0.2) is 56.9 Å². The fraction of sp³-hybridized carbons (Fsp3) is 0.409. The number of aromatic nitrogens is 4. The molecular weight excluding hydrogens is 428 g/mol. The van der Waals surface area contributed by atoms with Gasteiger partial charge in [0.2, 0.25) is 11.7 Å². The van der Waals surface area contributed by atoms with Crippen molar-refractivity contribution in [3.05, 3.63) is 57.3 Å². The van der Waals surface area contributed by atoms with Crippen LogP contribution in [0.3, 0.4) is 0 Å². The molecule has 2 heterocycles. The first-order valence-electron chi connectivity index (χ1n) is 10.7. The van der Waals surface area contributed by atoms with Crippen molar-refractivity contribution in [1.82, 2.24) is 29.4 Å². The molecule has 3 rings (SSSR count). The Kier molecular flexibility index (Phi) is 7.44. The van der Waals surface area contributed by atoms with Crippen molar-refractivity contribution in [1.29, 1.82) is 0 Å². The normalized spacial score (nSPS) is 12.1. The molecular formula is C22H28N6O5. The zero-order valence-corrected chi connectivity index (χ0v) is 19.0. The number of nitrogens with one attached hydrogen (secondary N) is 2. The standard InChI is InChI=1S/C22H28N6O5/c1-5-10-26-20(31)16-8-7-15(19(30)24-14(3)6-2)12-17(16)28-21(26)25-27(22(28)32)13-18(29)23-9-11-33-4/h5,7-8,12,14H,1,6,9-11,13H2,2-4H3,(H,23,29)(H,24,30). The monoisotopic (exact) mass is 456 g/mol. The minimum Gasteiger partial charge on any atom is -0.383 e. The summed E-state index contributed by atoms with van der Waals surface area (Å²) in [6.07, 6.45) is 2.27. The topological polar surface area (TPSA) is 129 Å². The first-order chi connectivity index (χ1) is 15.8. The number of carbonyl (C=O) groups excluding carboxylic acids is 2. The molecule has 2 amide bonds. The molecule has 0 bridgehead atoms. The summed E-state index contributed by atoms with van der Waals surface area (Å²) in [5.41, 5.74) is -0.438. The largest absolute Gasteiger partial charge is 0.383 e. The number of hydrogen-bond acceptors (Lipinski definition) is 6. The van der Waals surface area contributed by atoms with E-state index in [1.54, 1.807) is 6.07 Å². The lowest BCUT2D eigenvalue weighted by Gasteiger charge is -2.12. The molecule has 2 N–H and O–H groups in total. The summed E-state index contributed by atoms with van der Waals surface area (Å²) in [5, 5.41) is 9.98. The second kappa shape index (κ2) is 10.3. The van der Waals surface area contributed by atoms with Crippen LogP contribution in [0.1, 0.15) is 30.6 Å². The summed E-state index contributed by atoms with van der Waals surface area (Å²) >= 11 is 0. The van der Waals surface area contributed by atoms with Crippen LogP contribution < -0.4 is 21.9 Å². The van der Waals surface area contributed by atoms with E-state index in [9.17, 15) is 19.2 Å². The van der Waals surface area contributed by atoms with Crippen LogP contribution in [0, 0.1) is 0 Å². The van der Waals surface area contributed by atoms with Crippen molar-refractivity contribution >= 4 is 28.5 Å². The summed E-state index contributed by atoms with van der Waals surface area (Å²) in [4.78, 5) is 51.2. The van der Waals surface area contributed by atoms with E-state index in [0.717, 1.165) is 11.1 Å². The number of nitrogens with zero attached hydrogens (tertiary/aromatic N) is 4. The molecule has 2 aromatic heterocycles. The van der Waals surface area contributed by atoms with Crippen LogP contribution in [0.2, 0.25) is 0 Å². The van der Waals surface area contributed by atoms with E-state index in [0.29, 0.717) is 12.2 Å². The van der Waals surface area contributed by atoms with Crippen molar-refractivity contribution in [2.45, 2.75) is 39.4 Å². The summed E-state index contributed by atoms with van der Waals surface area (Å²) < 4.78 is 8.42. The van der Waals surface area contributed by atoms with Gasteiger partial charge < -0.3 is 15.4 Å². The van der Waals surface area contributed by atoms with E-state index < -0.39 is 11.6 Å². The number of fused-ring (bicyclic) bond motifs is 3. The number of ether oxygens (including phenoxy) is 1. The van der Waals surface area contributed by atoms with E-state index in [2.05, 4.69) is 22.3 Å². The van der Waals surface area contributed by atoms with Crippen LogP contribution in [0.25, 0.3) is 16.7 Å². The number of hydrogen-bond donors (Lipinski definition) is 2. The van der Waals surface area contributed by atoms with Crippen LogP contribution in [-0.2, 0) is 22.6 Å². The van der Waals surface area contributed by atoms with Gasteiger partial charge in [-0.05, 0) is 31.5 Å². The van der Waals surface area contributed by atoms with Gasteiger partial charge in [0.1, 0.15) is 6.54 Å². The van der Waals surface area contributed by atoms with Crippen LogP contribution >= 0.6 is 0 Å². The van der Waals surface area contributed by atoms with Gasteiger partial charge >= 0.3 is 5.69 Å². The van der Waals surface area contributed by atoms with Crippen LogP contribution in [0.5, 0.6) is 0 Å². The summed E-state index contributed by atoms with van der Waals surface area (Å²) in [7, 11) is 1.51. The van der Waals surface area contributed by atoms with Gasteiger partial charge in [-0.15, -0.1) is 11.7 Å². The molecule has 0 saturated carbocycles. The van der Waals surface area contributed by atoms with Crippen molar-refractivity contribution < 1.29 is 14.3 Å². The molecule has 11 heteroatoms. The smallest absolute Gasteiger partial charge is 0.352 e. The first-order valence-corrected chi connectivity index (χ1v) is 10.7. The molecule has 11 nitrogen and oxygen atoms in total. The van der Waals surface area contributed by atoms with E-state index in [1.165, 1.54) is 34.3 Å². The van der Waals surface area contributed by atoms with Gasteiger partial charge in [0, 0.05) is 31.8 Å². The molecule has 176 valence electrons. The summed E-state index contributed by atoms with van der Waals surface area (Å²) in [5.74, 6) is -0.678. The molecule has 0 fully saturated rings.